The van der Waals surface area contributed by atoms with Gasteiger partial charge in [0.2, 0.25) is 0 Å². The molecule has 0 saturated heterocycles. The second-order valence-electron chi connectivity index (χ2n) is 3.30. The first kappa shape index (κ1) is 13.6. The van der Waals surface area contributed by atoms with Crippen molar-refractivity contribution in [3.05, 3.63) is 12.2 Å². The summed E-state index contributed by atoms with van der Waals surface area (Å²) in [5.41, 5.74) is 0. The minimum atomic E-state index is -0.576. The Hall–Kier alpha value is -1.36. The number of ether oxygens (including phenoxy) is 2. The Morgan fingerprint density at radius 1 is 1.27 bits per heavy atom. The van der Waals surface area contributed by atoms with Crippen LogP contribution in [0.5, 0.6) is 0 Å². The molecule has 0 aliphatic rings. The highest BCUT2D eigenvalue weighted by molar-refractivity contribution is 5.91. The van der Waals surface area contributed by atoms with E-state index in [1.54, 1.807) is 0 Å². The largest absolute Gasteiger partial charge is 0.466 e. The summed E-state index contributed by atoms with van der Waals surface area (Å²) in [6, 6.07) is 0.139. The monoisotopic (exact) mass is 215 g/mol. The van der Waals surface area contributed by atoms with Gasteiger partial charge >= 0.3 is 11.9 Å². The van der Waals surface area contributed by atoms with E-state index in [0.29, 0.717) is 0 Å². The van der Waals surface area contributed by atoms with Gasteiger partial charge < -0.3 is 14.4 Å². The molecule has 5 nitrogen and oxygen atoms in total. The summed E-state index contributed by atoms with van der Waals surface area (Å²) in [4.78, 5) is 23.6. The summed E-state index contributed by atoms with van der Waals surface area (Å²) in [6.07, 6.45) is 2.08. The van der Waals surface area contributed by atoms with Gasteiger partial charge in [0.15, 0.2) is 0 Å². The van der Waals surface area contributed by atoms with Crippen LogP contribution in [0.2, 0.25) is 0 Å². The van der Waals surface area contributed by atoms with Crippen LogP contribution in [0.1, 0.15) is 6.92 Å². The molecule has 0 aromatic carbocycles. The summed E-state index contributed by atoms with van der Waals surface area (Å²) in [7, 11) is 5.03. The van der Waals surface area contributed by atoms with Gasteiger partial charge in [0.25, 0.3) is 0 Å². The predicted octanol–water partition coefficient (Wildman–Crippen LogP) is 0.209. The summed E-state index contributed by atoms with van der Waals surface area (Å²) in [6.45, 7) is 2.22. The lowest BCUT2D eigenvalue weighted by atomic mass is 10.3. The van der Waals surface area contributed by atoms with Gasteiger partial charge in [-0.15, -0.1) is 0 Å². The van der Waals surface area contributed by atoms with Crippen molar-refractivity contribution in [2.45, 2.75) is 13.0 Å². The van der Waals surface area contributed by atoms with Crippen LogP contribution in [0.3, 0.4) is 0 Å². The van der Waals surface area contributed by atoms with Gasteiger partial charge in [-0.3, -0.25) is 0 Å². The smallest absolute Gasteiger partial charge is 0.331 e. The van der Waals surface area contributed by atoms with Gasteiger partial charge in [0.1, 0.15) is 6.61 Å². The van der Waals surface area contributed by atoms with Gasteiger partial charge in [0, 0.05) is 18.2 Å². The first-order valence-electron chi connectivity index (χ1n) is 4.56. The summed E-state index contributed by atoms with van der Waals surface area (Å²) < 4.78 is 9.21. The molecule has 86 valence electrons. The van der Waals surface area contributed by atoms with Crippen LogP contribution < -0.4 is 0 Å². The first-order chi connectivity index (χ1) is 6.97. The van der Waals surface area contributed by atoms with E-state index in [-0.39, 0.29) is 12.6 Å². The van der Waals surface area contributed by atoms with Crippen molar-refractivity contribution in [1.29, 1.82) is 0 Å². The third-order valence-electron chi connectivity index (χ3n) is 1.91. The molecule has 0 aliphatic carbocycles. The molecule has 15 heavy (non-hydrogen) atoms. The zero-order valence-corrected chi connectivity index (χ0v) is 9.52. The van der Waals surface area contributed by atoms with Crippen molar-refractivity contribution >= 4 is 11.9 Å². The number of hydrogen-bond donors (Lipinski definition) is 0. The Kier molecular flexibility index (Phi) is 6.37. The number of carbonyl (C=O) groups excluding carboxylic acids is 2. The lowest BCUT2D eigenvalue weighted by Gasteiger charge is -2.18. The van der Waals surface area contributed by atoms with Crippen LogP contribution in [0, 0.1) is 0 Å². The maximum atomic E-state index is 11.1. The van der Waals surface area contributed by atoms with E-state index in [0.717, 1.165) is 12.2 Å². The number of likely N-dealkylation sites (N-methyl/N-ethyl adjacent to an activating group) is 1. The van der Waals surface area contributed by atoms with Gasteiger partial charge in [-0.2, -0.15) is 0 Å². The van der Waals surface area contributed by atoms with Gasteiger partial charge in [0.05, 0.1) is 7.11 Å². The average molecular weight is 215 g/mol. The first-order valence-corrected chi connectivity index (χ1v) is 4.56. The maximum Gasteiger partial charge on any atom is 0.331 e. The fourth-order valence-electron chi connectivity index (χ4n) is 0.604. The molecule has 1 atom stereocenters. The highest BCUT2D eigenvalue weighted by Crippen LogP contribution is 1.93. The molecule has 0 radical (unpaired) electrons. The standard InChI is InChI=1S/C10H17NO4/c1-8(11(2)3)7-15-10(13)6-5-9(12)14-4/h5-6,8H,7H2,1-4H3/b6-5+/t8-/m0/s1. The van der Waals surface area contributed by atoms with Crippen LogP contribution in [-0.4, -0.2) is 50.7 Å². The molecular weight excluding hydrogens is 198 g/mol. The lowest BCUT2D eigenvalue weighted by Crippen LogP contribution is -2.30. The number of nitrogens with zero attached hydrogens (tertiary/aromatic N) is 1. The molecular formula is C10H17NO4. The van der Waals surface area contributed by atoms with E-state index in [9.17, 15) is 9.59 Å². The van der Waals surface area contributed by atoms with Crippen molar-refractivity contribution in [2.75, 3.05) is 27.8 Å². The molecule has 0 aromatic rings. The zero-order valence-electron chi connectivity index (χ0n) is 9.52. The van der Waals surface area contributed by atoms with Crippen molar-refractivity contribution in [1.82, 2.24) is 4.90 Å². The Morgan fingerprint density at radius 2 is 1.80 bits per heavy atom. The van der Waals surface area contributed by atoms with E-state index in [2.05, 4.69) is 4.74 Å². The molecule has 0 rings (SSSR count). The third kappa shape index (κ3) is 6.68. The molecule has 0 spiro atoms. The molecule has 0 heterocycles. The van der Waals surface area contributed by atoms with E-state index < -0.39 is 11.9 Å². The molecule has 0 aliphatic heterocycles. The van der Waals surface area contributed by atoms with Crippen LogP contribution in [0.15, 0.2) is 12.2 Å². The Bertz CT molecular complexity index is 248. The number of esters is 2. The van der Waals surface area contributed by atoms with E-state index >= 15 is 0 Å². The molecule has 0 bridgehead atoms. The highest BCUT2D eigenvalue weighted by atomic mass is 16.5. The summed E-state index contributed by atoms with van der Waals surface area (Å²) >= 11 is 0. The molecule has 0 unspecified atom stereocenters. The average Bonchev–Trinajstić information content (AvgIpc) is 2.21. The number of carbonyl (C=O) groups is 2. The lowest BCUT2D eigenvalue weighted by molar-refractivity contribution is -0.140. The number of hydrogen-bond acceptors (Lipinski definition) is 5. The van der Waals surface area contributed by atoms with Gasteiger partial charge in [-0.1, -0.05) is 0 Å². The number of methoxy groups -OCH3 is 1. The second-order valence-corrected chi connectivity index (χ2v) is 3.30. The fraction of sp³-hybridized carbons (Fsp3) is 0.600. The van der Waals surface area contributed by atoms with Crippen LogP contribution in [0.4, 0.5) is 0 Å². The van der Waals surface area contributed by atoms with Crippen molar-refractivity contribution in [3.8, 4) is 0 Å². The topological polar surface area (TPSA) is 55.8 Å². The molecule has 0 aromatic heterocycles. The van der Waals surface area contributed by atoms with Crippen LogP contribution >= 0.6 is 0 Å². The maximum absolute atomic E-state index is 11.1. The van der Waals surface area contributed by atoms with Crippen LogP contribution in [-0.2, 0) is 19.1 Å². The normalized spacial score (nSPS) is 12.9. The van der Waals surface area contributed by atoms with Crippen LogP contribution in [0.25, 0.3) is 0 Å². The summed E-state index contributed by atoms with van der Waals surface area (Å²) in [5, 5.41) is 0. The summed E-state index contributed by atoms with van der Waals surface area (Å²) in [5.74, 6) is -1.12. The Balaban J connectivity index is 3.85. The fourth-order valence-corrected chi connectivity index (χ4v) is 0.604. The van der Waals surface area contributed by atoms with Gasteiger partial charge in [-0.25, -0.2) is 9.59 Å². The highest BCUT2D eigenvalue weighted by Gasteiger charge is 2.06. The Morgan fingerprint density at radius 3 is 2.27 bits per heavy atom. The number of rotatable bonds is 5. The zero-order chi connectivity index (χ0) is 11.8. The second kappa shape index (κ2) is 7.00. The molecule has 0 amide bonds. The van der Waals surface area contributed by atoms with E-state index in [4.69, 9.17) is 4.74 Å². The van der Waals surface area contributed by atoms with E-state index in [1.165, 1.54) is 7.11 Å². The molecule has 0 fully saturated rings. The Labute approximate surface area is 89.6 Å². The molecule has 5 heteroatoms. The molecule has 0 N–H and O–H groups in total. The minimum absolute atomic E-state index is 0.139. The van der Waals surface area contributed by atoms with Crippen molar-refractivity contribution < 1.29 is 19.1 Å². The van der Waals surface area contributed by atoms with Crippen molar-refractivity contribution in [2.24, 2.45) is 0 Å². The minimum Gasteiger partial charge on any atom is -0.466 e. The van der Waals surface area contributed by atoms with Gasteiger partial charge in [-0.05, 0) is 21.0 Å². The molecule has 0 saturated carbocycles. The van der Waals surface area contributed by atoms with Crippen molar-refractivity contribution in [3.63, 3.8) is 0 Å². The van der Waals surface area contributed by atoms with E-state index in [1.807, 2.05) is 25.9 Å². The predicted molar refractivity (Wildman–Crippen MR) is 55.3 cm³/mol. The SMILES string of the molecule is COC(=O)/C=C/C(=O)OC[C@H](C)N(C)C. The quantitative estimate of drug-likeness (QED) is 0.484. The third-order valence-corrected chi connectivity index (χ3v) is 1.91.